The second-order valence-electron chi connectivity index (χ2n) is 3.44. The molecule has 2 rings (SSSR count). The maximum absolute atomic E-state index is 11.5. The Balaban J connectivity index is 2.53. The first kappa shape index (κ1) is 10.2. The average Bonchev–Trinajstić information content (AvgIpc) is 2.17. The number of halogens is 1. The summed E-state index contributed by atoms with van der Waals surface area (Å²) in [4.78, 5) is 13.1. The molecule has 0 bridgehead atoms. The van der Waals surface area contributed by atoms with Crippen molar-refractivity contribution in [1.82, 2.24) is 0 Å². The van der Waals surface area contributed by atoms with E-state index in [0.717, 1.165) is 21.5 Å². The topological polar surface area (TPSA) is 32.3 Å². The van der Waals surface area contributed by atoms with E-state index in [-0.39, 0.29) is 5.91 Å². The van der Waals surface area contributed by atoms with Gasteiger partial charge in [0.15, 0.2) is 0 Å². The van der Waals surface area contributed by atoms with Gasteiger partial charge in [-0.05, 0) is 18.2 Å². The number of anilines is 2. The van der Waals surface area contributed by atoms with Crippen molar-refractivity contribution in [2.75, 3.05) is 16.8 Å². The number of carbonyl (C=O) groups excluding carboxylic acids is 1. The molecule has 15 heavy (non-hydrogen) atoms. The van der Waals surface area contributed by atoms with Crippen LogP contribution in [0.15, 0.2) is 34.9 Å². The SMILES string of the molecule is C=C1CNc2cc(Br)ccc2N1C(C)=O. The zero-order chi connectivity index (χ0) is 11.0. The lowest BCUT2D eigenvalue weighted by atomic mass is 10.1. The van der Waals surface area contributed by atoms with E-state index in [0.29, 0.717) is 6.54 Å². The second kappa shape index (κ2) is 3.70. The van der Waals surface area contributed by atoms with Crippen LogP contribution in [0, 0.1) is 0 Å². The first-order valence-corrected chi connectivity index (χ1v) is 5.41. The second-order valence-corrected chi connectivity index (χ2v) is 4.35. The summed E-state index contributed by atoms with van der Waals surface area (Å²) in [6.07, 6.45) is 0. The van der Waals surface area contributed by atoms with Gasteiger partial charge in [-0.3, -0.25) is 9.69 Å². The average molecular weight is 267 g/mol. The van der Waals surface area contributed by atoms with Crippen LogP contribution in [0.3, 0.4) is 0 Å². The lowest BCUT2D eigenvalue weighted by Crippen LogP contribution is -2.34. The van der Waals surface area contributed by atoms with Gasteiger partial charge in [-0.2, -0.15) is 0 Å². The fraction of sp³-hybridized carbons (Fsp3) is 0.182. The van der Waals surface area contributed by atoms with Gasteiger partial charge in [0.1, 0.15) is 0 Å². The minimum absolute atomic E-state index is 0.00919. The zero-order valence-corrected chi connectivity index (χ0v) is 9.97. The highest BCUT2D eigenvalue weighted by Gasteiger charge is 2.22. The van der Waals surface area contributed by atoms with Crippen LogP contribution in [-0.4, -0.2) is 12.5 Å². The van der Waals surface area contributed by atoms with Gasteiger partial charge in [-0.1, -0.05) is 22.5 Å². The monoisotopic (exact) mass is 266 g/mol. The number of hydrogen-bond acceptors (Lipinski definition) is 2. The van der Waals surface area contributed by atoms with E-state index < -0.39 is 0 Å². The van der Waals surface area contributed by atoms with Crippen molar-refractivity contribution in [3.8, 4) is 0 Å². The number of fused-ring (bicyclic) bond motifs is 1. The minimum atomic E-state index is -0.00919. The Morgan fingerprint density at radius 1 is 1.60 bits per heavy atom. The Bertz CT molecular complexity index is 442. The highest BCUT2D eigenvalue weighted by molar-refractivity contribution is 9.10. The highest BCUT2D eigenvalue weighted by Crippen LogP contribution is 2.34. The van der Waals surface area contributed by atoms with Crippen LogP contribution in [0.1, 0.15) is 6.92 Å². The molecule has 0 aliphatic carbocycles. The molecule has 1 aromatic carbocycles. The third-order valence-electron chi connectivity index (χ3n) is 2.31. The lowest BCUT2D eigenvalue weighted by Gasteiger charge is -2.31. The number of hydrogen-bond donors (Lipinski definition) is 1. The molecule has 78 valence electrons. The van der Waals surface area contributed by atoms with Crippen molar-refractivity contribution in [2.24, 2.45) is 0 Å². The van der Waals surface area contributed by atoms with E-state index in [9.17, 15) is 4.79 Å². The lowest BCUT2D eigenvalue weighted by molar-refractivity contribution is -0.116. The molecule has 1 aliphatic rings. The Kier molecular flexibility index (Phi) is 2.52. The van der Waals surface area contributed by atoms with Gasteiger partial charge in [0.2, 0.25) is 5.91 Å². The quantitative estimate of drug-likeness (QED) is 0.783. The maximum Gasteiger partial charge on any atom is 0.228 e. The molecule has 3 nitrogen and oxygen atoms in total. The first-order valence-electron chi connectivity index (χ1n) is 4.61. The fourth-order valence-electron chi connectivity index (χ4n) is 1.68. The van der Waals surface area contributed by atoms with Gasteiger partial charge in [0.25, 0.3) is 0 Å². The molecule has 0 atom stereocenters. The number of carbonyl (C=O) groups is 1. The molecule has 0 saturated heterocycles. The molecule has 4 heteroatoms. The zero-order valence-electron chi connectivity index (χ0n) is 8.38. The molecule has 1 heterocycles. The van der Waals surface area contributed by atoms with E-state index in [2.05, 4.69) is 27.8 Å². The van der Waals surface area contributed by atoms with Crippen molar-refractivity contribution in [3.63, 3.8) is 0 Å². The molecule has 0 fully saturated rings. The summed E-state index contributed by atoms with van der Waals surface area (Å²) in [5, 5.41) is 3.21. The maximum atomic E-state index is 11.5. The van der Waals surface area contributed by atoms with Gasteiger partial charge in [-0.25, -0.2) is 0 Å². The molecular weight excluding hydrogens is 256 g/mol. The summed E-state index contributed by atoms with van der Waals surface area (Å²) in [5.74, 6) is -0.00919. The molecule has 1 aromatic rings. The summed E-state index contributed by atoms with van der Waals surface area (Å²) in [5.41, 5.74) is 2.59. The van der Waals surface area contributed by atoms with Crippen LogP contribution in [0.2, 0.25) is 0 Å². The normalized spacial score (nSPS) is 14.5. The van der Waals surface area contributed by atoms with Crippen molar-refractivity contribution in [2.45, 2.75) is 6.92 Å². The molecule has 0 radical (unpaired) electrons. The summed E-state index contributed by atoms with van der Waals surface area (Å²) in [6, 6.07) is 5.77. The van der Waals surface area contributed by atoms with Crippen LogP contribution < -0.4 is 10.2 Å². The molecule has 0 unspecified atom stereocenters. The molecule has 1 amide bonds. The summed E-state index contributed by atoms with van der Waals surface area (Å²) >= 11 is 3.40. The Morgan fingerprint density at radius 3 is 3.00 bits per heavy atom. The smallest absolute Gasteiger partial charge is 0.228 e. The van der Waals surface area contributed by atoms with E-state index in [4.69, 9.17) is 0 Å². The summed E-state index contributed by atoms with van der Waals surface area (Å²) in [6.45, 7) is 6.01. The Hall–Kier alpha value is -1.29. The number of rotatable bonds is 0. The molecule has 0 spiro atoms. The standard InChI is InChI=1S/C11H11BrN2O/c1-7-6-13-10-5-9(12)3-4-11(10)14(7)8(2)15/h3-5,13H,1,6H2,2H3. The van der Waals surface area contributed by atoms with Gasteiger partial charge < -0.3 is 5.32 Å². The number of amides is 1. The number of benzene rings is 1. The minimum Gasteiger partial charge on any atom is -0.378 e. The van der Waals surface area contributed by atoms with Crippen LogP contribution in [-0.2, 0) is 4.79 Å². The van der Waals surface area contributed by atoms with E-state index in [1.165, 1.54) is 0 Å². The number of nitrogens with zero attached hydrogens (tertiary/aromatic N) is 1. The van der Waals surface area contributed by atoms with Gasteiger partial charge >= 0.3 is 0 Å². The van der Waals surface area contributed by atoms with Gasteiger partial charge in [0.05, 0.1) is 17.9 Å². The van der Waals surface area contributed by atoms with Crippen LogP contribution in [0.4, 0.5) is 11.4 Å². The van der Waals surface area contributed by atoms with Crippen LogP contribution in [0.5, 0.6) is 0 Å². The summed E-state index contributed by atoms with van der Waals surface area (Å²) in [7, 11) is 0. The molecule has 1 N–H and O–H groups in total. The van der Waals surface area contributed by atoms with Crippen molar-refractivity contribution >= 4 is 33.2 Å². The third-order valence-corrected chi connectivity index (χ3v) is 2.81. The van der Waals surface area contributed by atoms with Crippen LogP contribution in [0.25, 0.3) is 0 Å². The van der Waals surface area contributed by atoms with Gasteiger partial charge in [0, 0.05) is 17.1 Å². The largest absolute Gasteiger partial charge is 0.378 e. The predicted molar refractivity (Wildman–Crippen MR) is 64.9 cm³/mol. The van der Waals surface area contributed by atoms with Crippen molar-refractivity contribution in [3.05, 3.63) is 34.9 Å². The van der Waals surface area contributed by atoms with Crippen LogP contribution >= 0.6 is 15.9 Å². The Morgan fingerprint density at radius 2 is 2.33 bits per heavy atom. The van der Waals surface area contributed by atoms with Crippen molar-refractivity contribution < 1.29 is 4.79 Å². The molecule has 1 aliphatic heterocycles. The predicted octanol–water partition coefficient (Wildman–Crippen LogP) is 2.74. The number of nitrogens with one attached hydrogen (secondary N) is 1. The fourth-order valence-corrected chi connectivity index (χ4v) is 2.04. The Labute approximate surface area is 96.9 Å². The molecule has 0 saturated carbocycles. The van der Waals surface area contributed by atoms with E-state index in [1.54, 1.807) is 11.8 Å². The van der Waals surface area contributed by atoms with E-state index >= 15 is 0 Å². The summed E-state index contributed by atoms with van der Waals surface area (Å²) < 4.78 is 0.991. The third kappa shape index (κ3) is 1.77. The van der Waals surface area contributed by atoms with E-state index in [1.807, 2.05) is 18.2 Å². The van der Waals surface area contributed by atoms with Gasteiger partial charge in [-0.15, -0.1) is 0 Å². The molecule has 0 aromatic heterocycles. The van der Waals surface area contributed by atoms with Crippen molar-refractivity contribution in [1.29, 1.82) is 0 Å². The molecular formula is C11H11BrN2O. The highest BCUT2D eigenvalue weighted by atomic mass is 79.9. The first-order chi connectivity index (χ1) is 7.09.